The summed E-state index contributed by atoms with van der Waals surface area (Å²) in [7, 11) is 0. The number of aromatic nitrogens is 2. The molecule has 24 heavy (non-hydrogen) atoms. The lowest BCUT2D eigenvalue weighted by atomic mass is 10.1. The van der Waals surface area contributed by atoms with Gasteiger partial charge >= 0.3 is 0 Å². The number of benzene rings is 2. The predicted octanol–water partition coefficient (Wildman–Crippen LogP) is 3.62. The maximum Gasteiger partial charge on any atom is 0.280 e. The minimum atomic E-state index is -0.272. The third kappa shape index (κ3) is 3.20. The van der Waals surface area contributed by atoms with Crippen molar-refractivity contribution in [2.75, 3.05) is 0 Å². The van der Waals surface area contributed by atoms with Gasteiger partial charge in [0.05, 0.1) is 17.8 Å². The Kier molecular flexibility index (Phi) is 4.42. The van der Waals surface area contributed by atoms with Crippen LogP contribution in [-0.4, -0.2) is 15.5 Å². The first-order chi connectivity index (χ1) is 11.6. The molecule has 0 atom stereocenters. The molecule has 5 heteroatoms. The number of hydrogen-bond donors (Lipinski definition) is 1. The Morgan fingerprint density at radius 3 is 2.46 bits per heavy atom. The van der Waals surface area contributed by atoms with Crippen molar-refractivity contribution in [3.05, 3.63) is 87.6 Å². The van der Waals surface area contributed by atoms with Crippen LogP contribution in [0.4, 0.5) is 4.39 Å². The molecule has 3 rings (SSSR count). The highest BCUT2D eigenvalue weighted by atomic mass is 19.1. The number of aromatic amines is 1. The van der Waals surface area contributed by atoms with Gasteiger partial charge in [-0.15, -0.1) is 0 Å². The molecule has 0 unspecified atom stereocenters. The van der Waals surface area contributed by atoms with E-state index in [1.165, 1.54) is 16.8 Å². The second-order valence-corrected chi connectivity index (χ2v) is 5.62. The Morgan fingerprint density at radius 2 is 1.79 bits per heavy atom. The van der Waals surface area contributed by atoms with Crippen molar-refractivity contribution in [3.63, 3.8) is 0 Å². The second-order valence-electron chi connectivity index (χ2n) is 5.62. The summed E-state index contributed by atoms with van der Waals surface area (Å²) in [4.78, 5) is 17.2. The van der Waals surface area contributed by atoms with Crippen LogP contribution in [0, 0.1) is 12.7 Å². The summed E-state index contributed by atoms with van der Waals surface area (Å²) < 4.78 is 14.5. The van der Waals surface area contributed by atoms with Crippen LogP contribution < -0.4 is 5.56 Å². The molecule has 0 bridgehead atoms. The van der Waals surface area contributed by atoms with E-state index in [2.05, 4.69) is 10.1 Å². The van der Waals surface area contributed by atoms with E-state index in [0.29, 0.717) is 17.8 Å². The first-order valence-corrected chi connectivity index (χ1v) is 7.69. The number of hydrogen-bond acceptors (Lipinski definition) is 2. The molecular weight excluding hydrogens is 305 g/mol. The first kappa shape index (κ1) is 15.9. The van der Waals surface area contributed by atoms with E-state index in [9.17, 15) is 9.18 Å². The van der Waals surface area contributed by atoms with E-state index in [4.69, 9.17) is 0 Å². The Morgan fingerprint density at radius 1 is 1.12 bits per heavy atom. The van der Waals surface area contributed by atoms with Crippen LogP contribution in [0.3, 0.4) is 0 Å². The SMILES string of the molecule is CC(=NCc1ccc(F)cc1)c1c(C)[nH]n(-c2ccccc2)c1=O. The van der Waals surface area contributed by atoms with E-state index >= 15 is 0 Å². The minimum Gasteiger partial charge on any atom is -0.295 e. The van der Waals surface area contributed by atoms with Crippen LogP contribution in [0.1, 0.15) is 23.7 Å². The van der Waals surface area contributed by atoms with Crippen molar-refractivity contribution in [2.24, 2.45) is 4.99 Å². The number of nitrogens with one attached hydrogen (secondary N) is 1. The second kappa shape index (κ2) is 6.66. The predicted molar refractivity (Wildman–Crippen MR) is 93.4 cm³/mol. The van der Waals surface area contributed by atoms with Gasteiger partial charge in [-0.25, -0.2) is 9.07 Å². The lowest BCUT2D eigenvalue weighted by Crippen LogP contribution is -2.19. The van der Waals surface area contributed by atoms with E-state index in [-0.39, 0.29) is 11.4 Å². The summed E-state index contributed by atoms with van der Waals surface area (Å²) in [5, 5.41) is 3.09. The molecule has 4 nitrogen and oxygen atoms in total. The molecule has 0 spiro atoms. The van der Waals surface area contributed by atoms with Gasteiger partial charge in [-0.05, 0) is 43.7 Å². The smallest absolute Gasteiger partial charge is 0.280 e. The highest BCUT2D eigenvalue weighted by Crippen LogP contribution is 2.09. The molecule has 0 aliphatic carbocycles. The highest BCUT2D eigenvalue weighted by molar-refractivity contribution is 5.99. The van der Waals surface area contributed by atoms with Gasteiger partial charge in [-0.3, -0.25) is 14.9 Å². The molecule has 0 amide bonds. The average molecular weight is 323 g/mol. The average Bonchev–Trinajstić information content (AvgIpc) is 2.89. The molecule has 1 aromatic heterocycles. The third-order valence-electron chi connectivity index (χ3n) is 3.86. The monoisotopic (exact) mass is 323 g/mol. The molecule has 0 aliphatic heterocycles. The fraction of sp³-hybridized carbons (Fsp3) is 0.158. The van der Waals surface area contributed by atoms with E-state index < -0.39 is 0 Å². The van der Waals surface area contributed by atoms with Crippen LogP contribution in [0.5, 0.6) is 0 Å². The largest absolute Gasteiger partial charge is 0.295 e. The van der Waals surface area contributed by atoms with E-state index in [1.807, 2.05) is 44.2 Å². The van der Waals surface area contributed by atoms with Gasteiger partial charge in [0.25, 0.3) is 5.56 Å². The molecule has 0 saturated carbocycles. The van der Waals surface area contributed by atoms with Crippen molar-refractivity contribution in [2.45, 2.75) is 20.4 Å². The van der Waals surface area contributed by atoms with Crippen molar-refractivity contribution < 1.29 is 4.39 Å². The lowest BCUT2D eigenvalue weighted by molar-refractivity contribution is 0.627. The number of H-pyrrole nitrogens is 1. The fourth-order valence-electron chi connectivity index (χ4n) is 2.61. The zero-order valence-electron chi connectivity index (χ0n) is 13.6. The summed E-state index contributed by atoms with van der Waals surface area (Å²) in [5.41, 5.74) is 3.55. The number of para-hydroxylation sites is 1. The first-order valence-electron chi connectivity index (χ1n) is 7.69. The quantitative estimate of drug-likeness (QED) is 0.733. The Labute approximate surface area is 139 Å². The van der Waals surface area contributed by atoms with Gasteiger partial charge in [0.1, 0.15) is 5.82 Å². The topological polar surface area (TPSA) is 50.1 Å². The standard InChI is InChI=1S/C19H18FN3O/c1-13(21-12-15-8-10-16(20)11-9-15)18-14(2)22-23(19(18)24)17-6-4-3-5-7-17/h3-11,22H,12H2,1-2H3. The summed E-state index contributed by atoms with van der Waals surface area (Å²) >= 11 is 0. The van der Waals surface area contributed by atoms with Crippen LogP contribution in [-0.2, 0) is 6.54 Å². The molecule has 3 aromatic rings. The molecule has 1 heterocycles. The lowest BCUT2D eigenvalue weighted by Gasteiger charge is -2.00. The van der Waals surface area contributed by atoms with Crippen molar-refractivity contribution in [3.8, 4) is 5.69 Å². The van der Waals surface area contributed by atoms with Gasteiger partial charge in [0.15, 0.2) is 0 Å². The Hall–Kier alpha value is -2.95. The van der Waals surface area contributed by atoms with E-state index in [0.717, 1.165) is 16.9 Å². The summed E-state index contributed by atoms with van der Waals surface area (Å²) in [6.07, 6.45) is 0. The van der Waals surface area contributed by atoms with Gasteiger partial charge in [0, 0.05) is 11.4 Å². The molecule has 0 fully saturated rings. The zero-order chi connectivity index (χ0) is 17.1. The molecule has 0 radical (unpaired) electrons. The van der Waals surface area contributed by atoms with Crippen LogP contribution >= 0.6 is 0 Å². The number of rotatable bonds is 4. The zero-order valence-corrected chi connectivity index (χ0v) is 13.6. The normalized spacial score (nSPS) is 11.7. The number of aryl methyl sites for hydroxylation is 1. The molecule has 122 valence electrons. The maximum atomic E-state index is 12.9. The molecule has 0 saturated heterocycles. The Bertz CT molecular complexity index is 921. The molecule has 2 aromatic carbocycles. The summed E-state index contributed by atoms with van der Waals surface area (Å²) in [5.74, 6) is -0.272. The van der Waals surface area contributed by atoms with Crippen molar-refractivity contribution >= 4 is 5.71 Å². The van der Waals surface area contributed by atoms with Crippen LogP contribution in [0.2, 0.25) is 0 Å². The van der Waals surface area contributed by atoms with Crippen LogP contribution in [0.25, 0.3) is 5.69 Å². The summed E-state index contributed by atoms with van der Waals surface area (Å²) in [6, 6.07) is 15.6. The molecule has 0 aliphatic rings. The Balaban J connectivity index is 1.91. The van der Waals surface area contributed by atoms with Gasteiger partial charge in [0.2, 0.25) is 0 Å². The van der Waals surface area contributed by atoms with Gasteiger partial charge < -0.3 is 0 Å². The molecule has 1 N–H and O–H groups in total. The maximum absolute atomic E-state index is 12.9. The van der Waals surface area contributed by atoms with Gasteiger partial charge in [-0.1, -0.05) is 30.3 Å². The third-order valence-corrected chi connectivity index (χ3v) is 3.86. The number of nitrogens with zero attached hydrogens (tertiary/aromatic N) is 2. The summed E-state index contributed by atoms with van der Waals surface area (Å²) in [6.45, 7) is 4.07. The van der Waals surface area contributed by atoms with Crippen LogP contribution in [0.15, 0.2) is 64.4 Å². The number of halogens is 1. The fourth-order valence-corrected chi connectivity index (χ4v) is 2.61. The number of aliphatic imine (C=N–C) groups is 1. The highest BCUT2D eigenvalue weighted by Gasteiger charge is 2.14. The molecular formula is C19H18FN3O. The van der Waals surface area contributed by atoms with Crippen molar-refractivity contribution in [1.82, 2.24) is 9.78 Å². The minimum absolute atomic E-state index is 0.126. The van der Waals surface area contributed by atoms with Gasteiger partial charge in [-0.2, -0.15) is 0 Å². The van der Waals surface area contributed by atoms with Crippen molar-refractivity contribution in [1.29, 1.82) is 0 Å². The van der Waals surface area contributed by atoms with E-state index in [1.54, 1.807) is 12.1 Å².